The second-order valence-corrected chi connectivity index (χ2v) is 6.48. The highest BCUT2D eigenvalue weighted by atomic mass is 32.2. The molecule has 2 aromatic rings. The first-order valence-electron chi connectivity index (χ1n) is 6.63. The van der Waals surface area contributed by atoms with E-state index in [1.807, 2.05) is 0 Å². The van der Waals surface area contributed by atoms with Gasteiger partial charge in [-0.2, -0.15) is 4.72 Å². The summed E-state index contributed by atoms with van der Waals surface area (Å²) in [5.74, 6) is -1.93. The third kappa shape index (κ3) is 4.33. The number of carbonyl (C=O) groups excluding carboxylic acids is 1. The van der Waals surface area contributed by atoms with Crippen molar-refractivity contribution in [2.24, 2.45) is 0 Å². The summed E-state index contributed by atoms with van der Waals surface area (Å²) >= 11 is 0. The molecule has 0 aliphatic heterocycles. The number of hydrogen-bond donors (Lipinski definition) is 2. The summed E-state index contributed by atoms with van der Waals surface area (Å²) in [7, 11) is -3.99. The standard InChI is InChI=1S/C15H14F2N2O3S/c1-10(15(20)18-14-5-3-2-4-13(14)17)19-23(21,22)12-8-6-11(16)7-9-12/h2-10,19H,1H3,(H,18,20)/t10-/m0/s1. The molecule has 2 aromatic carbocycles. The van der Waals surface area contributed by atoms with Gasteiger partial charge >= 0.3 is 0 Å². The van der Waals surface area contributed by atoms with Gasteiger partial charge in [-0.25, -0.2) is 17.2 Å². The predicted octanol–water partition coefficient (Wildman–Crippen LogP) is 2.27. The minimum Gasteiger partial charge on any atom is -0.322 e. The lowest BCUT2D eigenvalue weighted by atomic mass is 10.2. The molecule has 0 aromatic heterocycles. The van der Waals surface area contributed by atoms with E-state index in [9.17, 15) is 22.0 Å². The summed E-state index contributed by atoms with van der Waals surface area (Å²) in [5, 5.41) is 2.29. The van der Waals surface area contributed by atoms with Crippen LogP contribution in [-0.4, -0.2) is 20.4 Å². The van der Waals surface area contributed by atoms with Crippen molar-refractivity contribution in [2.45, 2.75) is 17.9 Å². The third-order valence-corrected chi connectivity index (χ3v) is 4.54. The van der Waals surface area contributed by atoms with Gasteiger partial charge < -0.3 is 5.32 Å². The van der Waals surface area contributed by atoms with Crippen molar-refractivity contribution in [3.05, 3.63) is 60.2 Å². The number of rotatable bonds is 5. The van der Waals surface area contributed by atoms with Crippen LogP contribution >= 0.6 is 0 Å². The van der Waals surface area contributed by atoms with Crippen LogP contribution in [0.1, 0.15) is 6.92 Å². The van der Waals surface area contributed by atoms with Crippen LogP contribution in [0.15, 0.2) is 53.4 Å². The highest BCUT2D eigenvalue weighted by Gasteiger charge is 2.22. The van der Waals surface area contributed by atoms with Crippen molar-refractivity contribution in [1.29, 1.82) is 0 Å². The Labute approximate surface area is 132 Å². The predicted molar refractivity (Wildman–Crippen MR) is 81.2 cm³/mol. The Morgan fingerprint density at radius 1 is 1.04 bits per heavy atom. The van der Waals surface area contributed by atoms with Crippen LogP contribution in [0.25, 0.3) is 0 Å². The van der Waals surface area contributed by atoms with E-state index >= 15 is 0 Å². The Hall–Kier alpha value is -2.32. The number of amides is 1. The fraction of sp³-hybridized carbons (Fsp3) is 0.133. The normalized spacial score (nSPS) is 12.7. The molecule has 0 saturated heterocycles. The van der Waals surface area contributed by atoms with Crippen LogP contribution in [-0.2, 0) is 14.8 Å². The minimum absolute atomic E-state index is 0.0506. The van der Waals surface area contributed by atoms with E-state index in [0.29, 0.717) is 0 Å². The highest BCUT2D eigenvalue weighted by Crippen LogP contribution is 2.14. The molecule has 8 heteroatoms. The van der Waals surface area contributed by atoms with Crippen LogP contribution < -0.4 is 10.0 Å². The highest BCUT2D eigenvalue weighted by molar-refractivity contribution is 7.89. The van der Waals surface area contributed by atoms with E-state index < -0.39 is 33.6 Å². The molecule has 1 amide bonds. The molecule has 0 spiro atoms. The van der Waals surface area contributed by atoms with Crippen molar-refractivity contribution in [2.75, 3.05) is 5.32 Å². The monoisotopic (exact) mass is 340 g/mol. The zero-order chi connectivity index (χ0) is 17.0. The van der Waals surface area contributed by atoms with E-state index in [4.69, 9.17) is 0 Å². The summed E-state index contributed by atoms with van der Waals surface area (Å²) in [6.07, 6.45) is 0. The molecule has 2 N–H and O–H groups in total. The lowest BCUT2D eigenvalue weighted by Gasteiger charge is -2.14. The van der Waals surface area contributed by atoms with E-state index in [0.717, 1.165) is 24.3 Å². The van der Waals surface area contributed by atoms with Crippen LogP contribution in [0.3, 0.4) is 0 Å². The second-order valence-electron chi connectivity index (χ2n) is 4.77. The Morgan fingerprint density at radius 3 is 2.26 bits per heavy atom. The fourth-order valence-electron chi connectivity index (χ4n) is 1.77. The summed E-state index contributed by atoms with van der Waals surface area (Å²) < 4.78 is 52.6. The first kappa shape index (κ1) is 17.0. The van der Waals surface area contributed by atoms with Gasteiger partial charge in [0.15, 0.2) is 0 Å². The van der Waals surface area contributed by atoms with E-state index in [1.165, 1.54) is 31.2 Å². The number of para-hydroxylation sites is 1. The number of sulfonamides is 1. The third-order valence-electron chi connectivity index (χ3n) is 2.98. The molecule has 0 radical (unpaired) electrons. The van der Waals surface area contributed by atoms with Crippen LogP contribution in [0.2, 0.25) is 0 Å². The van der Waals surface area contributed by atoms with Crippen LogP contribution in [0.4, 0.5) is 14.5 Å². The Morgan fingerprint density at radius 2 is 1.65 bits per heavy atom. The van der Waals surface area contributed by atoms with Gasteiger partial charge in [-0.1, -0.05) is 12.1 Å². The second kappa shape index (κ2) is 6.84. The zero-order valence-corrected chi connectivity index (χ0v) is 12.9. The smallest absolute Gasteiger partial charge is 0.242 e. The number of hydrogen-bond acceptors (Lipinski definition) is 3. The van der Waals surface area contributed by atoms with Gasteiger partial charge in [0.1, 0.15) is 11.6 Å². The van der Waals surface area contributed by atoms with Gasteiger partial charge in [0.2, 0.25) is 15.9 Å². The molecule has 0 aliphatic rings. The molecule has 2 rings (SSSR count). The minimum atomic E-state index is -3.99. The fourth-order valence-corrected chi connectivity index (χ4v) is 2.97. The lowest BCUT2D eigenvalue weighted by Crippen LogP contribution is -2.41. The van der Waals surface area contributed by atoms with Gasteiger partial charge in [0.25, 0.3) is 0 Å². The maximum Gasteiger partial charge on any atom is 0.242 e. The summed E-state index contributed by atoms with van der Waals surface area (Å²) in [4.78, 5) is 11.8. The molecular formula is C15H14F2N2O3S. The summed E-state index contributed by atoms with van der Waals surface area (Å²) in [5.41, 5.74) is -0.0506. The van der Waals surface area contributed by atoms with Crippen molar-refractivity contribution < 1.29 is 22.0 Å². The van der Waals surface area contributed by atoms with Crippen molar-refractivity contribution >= 4 is 21.6 Å². The Bertz CT molecular complexity index is 808. The average Bonchev–Trinajstić information content (AvgIpc) is 2.49. The van der Waals surface area contributed by atoms with Gasteiger partial charge in [-0.3, -0.25) is 4.79 Å². The van der Waals surface area contributed by atoms with Crippen LogP contribution in [0.5, 0.6) is 0 Å². The quantitative estimate of drug-likeness (QED) is 0.877. The molecule has 122 valence electrons. The van der Waals surface area contributed by atoms with Gasteiger partial charge in [-0.15, -0.1) is 0 Å². The molecule has 0 heterocycles. The number of anilines is 1. The van der Waals surface area contributed by atoms with E-state index in [2.05, 4.69) is 10.0 Å². The van der Waals surface area contributed by atoms with Gasteiger partial charge in [0.05, 0.1) is 16.6 Å². The number of benzene rings is 2. The molecule has 23 heavy (non-hydrogen) atoms. The molecule has 0 unspecified atom stereocenters. The lowest BCUT2D eigenvalue weighted by molar-refractivity contribution is -0.117. The Balaban J connectivity index is 2.08. The average molecular weight is 340 g/mol. The van der Waals surface area contributed by atoms with Crippen LogP contribution in [0, 0.1) is 11.6 Å². The largest absolute Gasteiger partial charge is 0.322 e. The molecule has 0 aliphatic carbocycles. The topological polar surface area (TPSA) is 75.3 Å². The van der Waals surface area contributed by atoms with Gasteiger partial charge in [0, 0.05) is 0 Å². The maximum absolute atomic E-state index is 13.5. The van der Waals surface area contributed by atoms with E-state index in [-0.39, 0.29) is 10.6 Å². The van der Waals surface area contributed by atoms with Gasteiger partial charge in [-0.05, 0) is 43.3 Å². The number of nitrogens with one attached hydrogen (secondary N) is 2. The number of halogens is 2. The summed E-state index contributed by atoms with van der Waals surface area (Å²) in [6.45, 7) is 1.32. The first-order valence-corrected chi connectivity index (χ1v) is 8.11. The van der Waals surface area contributed by atoms with Crippen molar-refractivity contribution in [3.63, 3.8) is 0 Å². The molecule has 1 atom stereocenters. The molecule has 5 nitrogen and oxygen atoms in total. The summed E-state index contributed by atoms with van der Waals surface area (Å²) in [6, 6.07) is 8.54. The SMILES string of the molecule is C[C@H](NS(=O)(=O)c1ccc(F)cc1)C(=O)Nc1ccccc1F. The van der Waals surface area contributed by atoms with Crippen molar-refractivity contribution in [1.82, 2.24) is 4.72 Å². The number of carbonyl (C=O) groups is 1. The molecular weight excluding hydrogens is 326 g/mol. The molecule has 0 bridgehead atoms. The molecule has 0 fully saturated rings. The maximum atomic E-state index is 13.5. The van der Waals surface area contributed by atoms with E-state index in [1.54, 1.807) is 0 Å². The zero-order valence-electron chi connectivity index (χ0n) is 12.1. The first-order chi connectivity index (χ1) is 10.8. The Kier molecular flexibility index (Phi) is 5.07. The van der Waals surface area contributed by atoms with Crippen molar-refractivity contribution in [3.8, 4) is 0 Å². The molecule has 0 saturated carbocycles.